The number of epoxide rings is 1. The SMILES string of the molecule is CO[C@@H]1/C=C/C=C(\C)Cc2cc(C)c(Cl)c(c2)N(C)C(=O)C[C@H](OC(=O)Nc2ccc(CC(=O)[C@H](CCCNC(N)=O)NC(=O)[C@@H](CC(=S)NCCOCCOCCC(=O)ON3C(=O)CCC3=O)C(C)C)cc2F)[C@]2(C)O[C@H]2[C@H](C)[C@@H]2C[C@@]1(O)CC(=O)O2. The van der Waals surface area contributed by atoms with Crippen LogP contribution in [0.15, 0.2) is 54.1 Å². The zero-order valence-electron chi connectivity index (χ0n) is 50.9. The summed E-state index contributed by atoms with van der Waals surface area (Å²) in [7, 11) is 2.98. The number of hydrogen-bond donors (Lipinski definition) is 6. The van der Waals surface area contributed by atoms with Gasteiger partial charge in [-0.15, -0.1) is 5.06 Å². The number of imide groups is 1. The Hall–Kier alpha value is -6.94. The maximum absolute atomic E-state index is 16.1. The number of anilines is 2. The quantitative estimate of drug-likeness (QED) is 0.0228. The van der Waals surface area contributed by atoms with Crippen LogP contribution in [0.25, 0.3) is 0 Å². The number of allylic oxidation sites excluding steroid dienone is 3. The number of methoxy groups -OCH3 is 1. The standard InChI is InChI=1S/C61H81ClFN7O17S/c1-34(2)40(30-49(88)65-20-22-83-24-23-82-21-18-53(75)87-70-50(72)16-17-51(70)73)57(77)67-43(12-10-19-66-58(64)78)45(71)29-38-14-15-42(41(63)27-38)68-59(79)85-48-31-52(74)69(7)44-28-39(26-36(4)55(44)62)25-35(3)11-9-13-47(81-8)61(80)32-46(84-54(76)33-61)37(5)56-60(48,6)86-56/h9,11,13-15,26-28,34,37,40,43,46-48,56,80H,10,12,16-25,29-33H2,1-8H3,(H,65,88)(H,67,77)(H,68,79)(H3,64,66,78)/b13-9+,35-11+/t37-,40+,43+,46+,47-,48+,56+,60+,61-/m1/s1. The zero-order valence-corrected chi connectivity index (χ0v) is 52.4. The summed E-state index contributed by atoms with van der Waals surface area (Å²) in [6.07, 6.45) is -0.183. The van der Waals surface area contributed by atoms with Crippen molar-refractivity contribution in [2.24, 2.45) is 23.5 Å². The molecule has 3 saturated heterocycles. The Morgan fingerprint density at radius 2 is 1.68 bits per heavy atom. The molecule has 7 amide bonds. The minimum Gasteiger partial charge on any atom is -0.462 e. The number of fused-ring (bicyclic) bond motifs is 5. The van der Waals surface area contributed by atoms with Gasteiger partial charge in [0.1, 0.15) is 35.3 Å². The summed E-state index contributed by atoms with van der Waals surface area (Å²) in [6, 6.07) is 5.55. The number of esters is 1. The van der Waals surface area contributed by atoms with Gasteiger partial charge in [-0.1, -0.05) is 80.5 Å². The summed E-state index contributed by atoms with van der Waals surface area (Å²) in [4.78, 5) is 123. The van der Waals surface area contributed by atoms with Crippen LogP contribution < -0.4 is 31.9 Å². The van der Waals surface area contributed by atoms with Gasteiger partial charge in [-0.3, -0.25) is 34.1 Å². The predicted molar refractivity (Wildman–Crippen MR) is 323 cm³/mol. The Morgan fingerprint density at radius 3 is 2.35 bits per heavy atom. The number of carbonyl (C=O) groups is 9. The average Bonchev–Trinajstić information content (AvgIpc) is 1.58. The number of nitrogens with two attached hydrogens (primary N) is 1. The lowest BCUT2D eigenvalue weighted by Gasteiger charge is -2.41. The van der Waals surface area contributed by atoms with Gasteiger partial charge in [0.05, 0.1) is 79.2 Å². The van der Waals surface area contributed by atoms with Gasteiger partial charge in [-0.2, -0.15) is 0 Å². The average molecular weight is 1270 g/mol. The molecule has 4 aliphatic heterocycles. The van der Waals surface area contributed by atoms with E-state index in [0.717, 1.165) is 17.2 Å². The number of thiocarbonyl (C=S) groups is 1. The summed E-state index contributed by atoms with van der Waals surface area (Å²) in [5.74, 6) is -6.53. The molecule has 4 aliphatic rings. The van der Waals surface area contributed by atoms with Gasteiger partial charge in [0.25, 0.3) is 11.8 Å². The molecule has 7 N–H and O–H groups in total. The molecule has 0 radical (unpaired) electrons. The molecule has 0 spiro atoms. The first-order chi connectivity index (χ1) is 41.6. The molecule has 4 bridgehead atoms. The summed E-state index contributed by atoms with van der Waals surface area (Å²) in [5.41, 5.74) is 4.98. The Labute approximate surface area is 521 Å². The normalized spacial score (nSPS) is 24.7. The van der Waals surface area contributed by atoms with Crippen LogP contribution in [0.1, 0.15) is 109 Å². The molecule has 0 aliphatic carbocycles. The Balaban J connectivity index is 1.08. The number of ether oxygens (including phenoxy) is 6. The summed E-state index contributed by atoms with van der Waals surface area (Å²) in [5, 5.41) is 23.6. The van der Waals surface area contributed by atoms with E-state index < -0.39 is 119 Å². The number of halogens is 2. The topological polar surface area (TPSA) is 322 Å². The molecule has 88 heavy (non-hydrogen) atoms. The van der Waals surface area contributed by atoms with Crippen molar-refractivity contribution in [3.8, 4) is 0 Å². The van der Waals surface area contributed by atoms with Gasteiger partial charge in [0.15, 0.2) is 5.78 Å². The lowest BCUT2D eigenvalue weighted by atomic mass is 9.78. The molecule has 9 atom stereocenters. The molecular weight excluding hydrogens is 1190 g/mol. The second-order valence-corrected chi connectivity index (χ2v) is 24.0. The number of urea groups is 1. The summed E-state index contributed by atoms with van der Waals surface area (Å²) in [6.45, 7) is 11.7. The lowest BCUT2D eigenvalue weighted by molar-refractivity contribution is -0.198. The highest BCUT2D eigenvalue weighted by Gasteiger charge is 2.64. The van der Waals surface area contributed by atoms with Crippen molar-refractivity contribution < 1.29 is 85.9 Å². The Bertz CT molecular complexity index is 2990. The van der Waals surface area contributed by atoms with Crippen LogP contribution in [0.2, 0.25) is 5.02 Å². The number of hydrogen-bond acceptors (Lipinski definition) is 18. The summed E-state index contributed by atoms with van der Waals surface area (Å²) < 4.78 is 50.9. The van der Waals surface area contributed by atoms with E-state index in [1.165, 1.54) is 24.1 Å². The minimum absolute atomic E-state index is 0.00965. The fourth-order valence-electron chi connectivity index (χ4n) is 10.8. The van der Waals surface area contributed by atoms with Gasteiger partial charge in [-0.25, -0.2) is 18.8 Å². The van der Waals surface area contributed by atoms with Crippen LogP contribution in [0.3, 0.4) is 0 Å². The number of ketones is 1. The van der Waals surface area contributed by atoms with E-state index in [9.17, 15) is 48.3 Å². The monoisotopic (exact) mass is 1270 g/mol. The molecule has 2 aromatic carbocycles. The van der Waals surface area contributed by atoms with Gasteiger partial charge in [-0.05, 0) is 80.8 Å². The van der Waals surface area contributed by atoms with Crippen molar-refractivity contribution in [3.63, 3.8) is 0 Å². The van der Waals surface area contributed by atoms with Crippen molar-refractivity contribution in [3.05, 3.63) is 81.7 Å². The smallest absolute Gasteiger partial charge is 0.412 e. The number of hydroxylamine groups is 2. The van der Waals surface area contributed by atoms with Crippen LogP contribution >= 0.6 is 23.8 Å². The molecule has 4 heterocycles. The van der Waals surface area contributed by atoms with Gasteiger partial charge in [0.2, 0.25) is 11.8 Å². The number of rotatable bonds is 25. The number of aliphatic hydroxyl groups is 1. The second-order valence-electron chi connectivity index (χ2n) is 23.1. The van der Waals surface area contributed by atoms with Crippen molar-refractivity contribution in [1.29, 1.82) is 0 Å². The highest BCUT2D eigenvalue weighted by atomic mass is 35.5. The fourth-order valence-corrected chi connectivity index (χ4v) is 11.3. The maximum Gasteiger partial charge on any atom is 0.412 e. The van der Waals surface area contributed by atoms with E-state index >= 15 is 4.39 Å². The van der Waals surface area contributed by atoms with E-state index in [1.54, 1.807) is 39.1 Å². The highest BCUT2D eigenvalue weighted by Crippen LogP contribution is 2.50. The molecule has 3 fully saturated rings. The van der Waals surface area contributed by atoms with Crippen LogP contribution in [0, 0.1) is 30.5 Å². The number of carbonyl (C=O) groups excluding carboxylic acids is 9. The first-order valence-electron chi connectivity index (χ1n) is 29.3. The van der Waals surface area contributed by atoms with Crippen molar-refractivity contribution in [2.75, 3.05) is 63.9 Å². The van der Waals surface area contributed by atoms with Crippen LogP contribution in [0.5, 0.6) is 0 Å². The molecule has 2 aromatic rings. The first kappa shape index (κ1) is 70.2. The zero-order chi connectivity index (χ0) is 64.6. The van der Waals surface area contributed by atoms with Crippen LogP contribution in [0.4, 0.5) is 25.4 Å². The van der Waals surface area contributed by atoms with E-state index in [1.807, 2.05) is 39.8 Å². The highest BCUT2D eigenvalue weighted by molar-refractivity contribution is 7.80. The molecule has 24 nitrogen and oxygen atoms in total. The molecule has 482 valence electrons. The van der Waals surface area contributed by atoms with Crippen LogP contribution in [-0.4, -0.2) is 164 Å². The van der Waals surface area contributed by atoms with Crippen molar-refractivity contribution >= 4 is 93.7 Å². The third kappa shape index (κ3) is 19.5. The van der Waals surface area contributed by atoms with E-state index in [-0.39, 0.29) is 114 Å². The number of benzene rings is 2. The molecule has 0 saturated carbocycles. The lowest BCUT2D eigenvalue weighted by Crippen LogP contribution is -2.53. The van der Waals surface area contributed by atoms with E-state index in [4.69, 9.17) is 62.8 Å². The number of Topliss-reactive ketones (excluding diaryl/α,β-unsaturated/α-hetero) is 1. The minimum atomic E-state index is -1.66. The molecule has 27 heteroatoms. The number of nitrogens with one attached hydrogen (secondary N) is 4. The predicted octanol–water partition coefficient (Wildman–Crippen LogP) is 5.72. The summed E-state index contributed by atoms with van der Waals surface area (Å²) >= 11 is 12.4. The van der Waals surface area contributed by atoms with E-state index in [2.05, 4.69) is 21.3 Å². The number of aryl methyl sites for hydroxylation is 1. The van der Waals surface area contributed by atoms with Crippen LogP contribution in [-0.2, 0) is 79.7 Å². The molecule has 0 aromatic heterocycles. The van der Waals surface area contributed by atoms with Crippen molar-refractivity contribution in [1.82, 2.24) is 21.0 Å². The second kappa shape index (κ2) is 32.0. The third-order valence-corrected chi connectivity index (χ3v) is 16.7. The third-order valence-electron chi connectivity index (χ3n) is 15.9. The number of primary amides is 1. The molecular formula is C61H81ClFN7O17S. The van der Waals surface area contributed by atoms with Crippen molar-refractivity contribution in [2.45, 2.75) is 154 Å². The van der Waals surface area contributed by atoms with E-state index in [0.29, 0.717) is 32.7 Å². The largest absolute Gasteiger partial charge is 0.462 e. The number of amides is 7. The Morgan fingerprint density at radius 1 is 0.977 bits per heavy atom. The number of nitrogens with zero attached hydrogens (tertiary/aromatic N) is 2. The first-order valence-corrected chi connectivity index (χ1v) is 30.0. The molecule has 0 unspecified atom stereocenters. The van der Waals surface area contributed by atoms with Gasteiger partial charge >= 0.3 is 24.1 Å². The Kier molecular flexibility index (Phi) is 25.5. The molecule has 6 rings (SSSR count). The van der Waals surface area contributed by atoms with Gasteiger partial charge < -0.3 is 64.9 Å². The fraction of sp³-hybridized carbons (Fsp3) is 0.574. The van der Waals surface area contributed by atoms with Gasteiger partial charge in [0, 0.05) is 71.2 Å². The maximum atomic E-state index is 16.1.